The largest absolute Gasteiger partial charge is 0.456 e. The van der Waals surface area contributed by atoms with Crippen LogP contribution in [0.5, 0.6) is 0 Å². The van der Waals surface area contributed by atoms with Crippen molar-refractivity contribution in [3.05, 3.63) is 218 Å². The molecule has 10 aromatic carbocycles. The highest BCUT2D eigenvalue weighted by Gasteiger charge is 2.21. The molecule has 282 valence electrons. The van der Waals surface area contributed by atoms with Crippen molar-refractivity contribution in [2.75, 3.05) is 9.80 Å². The van der Waals surface area contributed by atoms with Crippen LogP contribution in [-0.2, 0) is 0 Å². The Kier molecular flexibility index (Phi) is 8.03. The Labute approximate surface area is 351 Å². The van der Waals surface area contributed by atoms with Gasteiger partial charge in [0.15, 0.2) is 0 Å². The first-order chi connectivity index (χ1) is 29.7. The van der Waals surface area contributed by atoms with E-state index in [-0.39, 0.29) is 0 Å². The fourth-order valence-electron chi connectivity index (χ4n) is 9.01. The lowest BCUT2D eigenvalue weighted by atomic mass is 9.98. The molecule has 60 heavy (non-hydrogen) atoms. The van der Waals surface area contributed by atoms with Gasteiger partial charge in [0, 0.05) is 64.9 Å². The van der Waals surface area contributed by atoms with Crippen LogP contribution in [0.3, 0.4) is 0 Å². The second-order valence-electron chi connectivity index (χ2n) is 15.3. The second-order valence-corrected chi connectivity index (χ2v) is 16.4. The summed E-state index contributed by atoms with van der Waals surface area (Å²) >= 11 is 1.85. The molecule has 2 aromatic heterocycles. The lowest BCUT2D eigenvalue weighted by Gasteiger charge is -2.30. The maximum atomic E-state index is 6.32. The molecule has 2 heterocycles. The van der Waals surface area contributed by atoms with Crippen molar-refractivity contribution < 1.29 is 4.42 Å². The number of benzene rings is 10. The average Bonchev–Trinajstić information content (AvgIpc) is 3.87. The highest BCUT2D eigenvalue weighted by molar-refractivity contribution is 7.25. The average molecular weight is 785 g/mol. The van der Waals surface area contributed by atoms with Gasteiger partial charge in [-0.05, 0) is 112 Å². The summed E-state index contributed by atoms with van der Waals surface area (Å²) < 4.78 is 8.88. The van der Waals surface area contributed by atoms with Crippen LogP contribution < -0.4 is 9.80 Å². The van der Waals surface area contributed by atoms with E-state index in [0.29, 0.717) is 0 Å². The molecule has 0 unspecified atom stereocenters. The van der Waals surface area contributed by atoms with Crippen LogP contribution in [0.15, 0.2) is 223 Å². The molecule has 0 N–H and O–H groups in total. The van der Waals surface area contributed by atoms with Crippen molar-refractivity contribution in [2.24, 2.45) is 0 Å². The molecule has 0 saturated heterocycles. The number of para-hydroxylation sites is 3. The summed E-state index contributed by atoms with van der Waals surface area (Å²) in [7, 11) is 0. The monoisotopic (exact) mass is 784 g/mol. The van der Waals surface area contributed by atoms with Gasteiger partial charge in [-0.25, -0.2) is 0 Å². The van der Waals surface area contributed by atoms with Crippen LogP contribution in [0, 0.1) is 0 Å². The number of rotatable bonds is 7. The second kappa shape index (κ2) is 14.0. The Balaban J connectivity index is 1.08. The molecule has 4 heteroatoms. The Morgan fingerprint density at radius 3 is 1.82 bits per heavy atom. The van der Waals surface area contributed by atoms with Crippen LogP contribution in [0.25, 0.3) is 74.8 Å². The van der Waals surface area contributed by atoms with Crippen molar-refractivity contribution in [1.82, 2.24) is 0 Å². The zero-order chi connectivity index (χ0) is 39.6. The van der Waals surface area contributed by atoms with Crippen LogP contribution in [0.4, 0.5) is 34.1 Å². The summed E-state index contributed by atoms with van der Waals surface area (Å²) in [6.45, 7) is 0. The van der Waals surface area contributed by atoms with Gasteiger partial charge in [-0.1, -0.05) is 133 Å². The number of hydrogen-bond acceptors (Lipinski definition) is 4. The fourth-order valence-corrected chi connectivity index (χ4v) is 10.1. The van der Waals surface area contributed by atoms with E-state index in [9.17, 15) is 0 Å². The van der Waals surface area contributed by atoms with Crippen molar-refractivity contribution >= 4 is 109 Å². The maximum absolute atomic E-state index is 6.32. The van der Waals surface area contributed by atoms with Crippen molar-refractivity contribution in [3.8, 4) is 11.1 Å². The highest BCUT2D eigenvalue weighted by Crippen LogP contribution is 2.46. The lowest BCUT2D eigenvalue weighted by Crippen LogP contribution is -2.13. The maximum Gasteiger partial charge on any atom is 0.136 e. The van der Waals surface area contributed by atoms with E-state index in [1.54, 1.807) is 0 Å². The molecule has 0 aliphatic heterocycles. The number of nitrogens with zero attached hydrogens (tertiary/aromatic N) is 2. The normalized spacial score (nSPS) is 11.7. The van der Waals surface area contributed by atoms with E-state index in [2.05, 4.69) is 222 Å². The molecule has 0 aliphatic carbocycles. The Hall–Kier alpha value is -7.66. The molecule has 0 aliphatic rings. The third-order valence-corrected chi connectivity index (χ3v) is 12.9. The number of fused-ring (bicyclic) bond motifs is 9. The molecule has 0 saturated carbocycles. The Bertz CT molecular complexity index is 3570. The van der Waals surface area contributed by atoms with Crippen molar-refractivity contribution in [3.63, 3.8) is 0 Å². The predicted molar refractivity (Wildman–Crippen MR) is 256 cm³/mol. The minimum atomic E-state index is 0.908. The number of anilines is 6. The van der Waals surface area contributed by atoms with Gasteiger partial charge in [0.2, 0.25) is 0 Å². The Morgan fingerprint density at radius 2 is 0.933 bits per heavy atom. The zero-order valence-electron chi connectivity index (χ0n) is 32.5. The zero-order valence-corrected chi connectivity index (χ0v) is 33.3. The van der Waals surface area contributed by atoms with E-state index in [0.717, 1.165) is 61.4 Å². The quantitative estimate of drug-likeness (QED) is 0.150. The third kappa shape index (κ3) is 5.72. The van der Waals surface area contributed by atoms with Gasteiger partial charge in [0.05, 0.1) is 5.69 Å². The van der Waals surface area contributed by atoms with E-state index in [4.69, 9.17) is 4.42 Å². The smallest absolute Gasteiger partial charge is 0.136 e. The van der Waals surface area contributed by atoms with Gasteiger partial charge in [-0.3, -0.25) is 0 Å². The third-order valence-electron chi connectivity index (χ3n) is 11.8. The van der Waals surface area contributed by atoms with Gasteiger partial charge in [0.25, 0.3) is 0 Å². The number of furan rings is 1. The molecule has 0 spiro atoms. The van der Waals surface area contributed by atoms with Gasteiger partial charge in [0.1, 0.15) is 11.2 Å². The summed E-state index contributed by atoms with van der Waals surface area (Å²) in [5.74, 6) is 0. The Morgan fingerprint density at radius 1 is 0.317 bits per heavy atom. The van der Waals surface area contributed by atoms with Crippen molar-refractivity contribution in [1.29, 1.82) is 0 Å². The van der Waals surface area contributed by atoms with E-state index in [1.807, 2.05) is 17.4 Å². The summed E-state index contributed by atoms with van der Waals surface area (Å²) in [6, 6.07) is 78.9. The summed E-state index contributed by atoms with van der Waals surface area (Å²) in [4.78, 5) is 4.80. The molecule has 0 radical (unpaired) electrons. The predicted octanol–water partition coefficient (Wildman–Crippen LogP) is 16.9. The van der Waals surface area contributed by atoms with Gasteiger partial charge < -0.3 is 14.2 Å². The first-order valence-electron chi connectivity index (χ1n) is 20.3. The molecule has 3 nitrogen and oxygen atoms in total. The van der Waals surface area contributed by atoms with Crippen LogP contribution in [0.1, 0.15) is 0 Å². The molecule has 0 atom stereocenters. The van der Waals surface area contributed by atoms with E-state index >= 15 is 0 Å². The minimum absolute atomic E-state index is 0.908. The molecule has 0 fully saturated rings. The first-order valence-corrected chi connectivity index (χ1v) is 21.1. The van der Waals surface area contributed by atoms with Gasteiger partial charge >= 0.3 is 0 Å². The molecule has 0 bridgehead atoms. The number of hydrogen-bond donors (Lipinski definition) is 0. The standard InChI is InChI=1S/C56H36N2OS/c1-3-14-37(15-4-1)45-20-7-10-23-52(45)58(40-16-5-2-6-17-40)42-19-13-18-41(33-42)57(44-30-31-48-47-22-9-12-25-55(47)60-56(48)35-44)43-29-28-38-26-27-39-32-54-51(36-50(39)49(38)34-43)46-21-8-11-24-53(46)59-54/h1-36H. The van der Waals surface area contributed by atoms with E-state index < -0.39 is 0 Å². The first kappa shape index (κ1) is 34.4. The lowest BCUT2D eigenvalue weighted by molar-refractivity contribution is 0.669. The van der Waals surface area contributed by atoms with Crippen LogP contribution in [0.2, 0.25) is 0 Å². The molecule has 12 aromatic rings. The summed E-state index contributed by atoms with van der Waals surface area (Å²) in [6.07, 6.45) is 0. The fraction of sp³-hybridized carbons (Fsp3) is 0. The molecular formula is C56H36N2OS. The summed E-state index contributed by atoms with van der Waals surface area (Å²) in [5, 5.41) is 9.59. The molecule has 12 rings (SSSR count). The van der Waals surface area contributed by atoms with Gasteiger partial charge in [-0.2, -0.15) is 0 Å². The van der Waals surface area contributed by atoms with Crippen LogP contribution in [-0.4, -0.2) is 0 Å². The SMILES string of the molecule is c1ccc(-c2ccccc2N(c2ccccc2)c2cccc(N(c3ccc4c(c3)sc3ccccc34)c3ccc4ccc5cc6oc7ccccc7c6cc5c4c3)c2)cc1. The van der Waals surface area contributed by atoms with E-state index in [1.165, 1.54) is 47.5 Å². The van der Waals surface area contributed by atoms with Crippen molar-refractivity contribution in [2.45, 2.75) is 0 Å². The molecular weight excluding hydrogens is 749 g/mol. The highest BCUT2D eigenvalue weighted by atomic mass is 32.1. The topological polar surface area (TPSA) is 19.6 Å². The van der Waals surface area contributed by atoms with Gasteiger partial charge in [-0.15, -0.1) is 11.3 Å². The molecule has 0 amide bonds. The summed E-state index contributed by atoms with van der Waals surface area (Å²) in [5.41, 5.74) is 10.7. The number of thiophene rings is 1. The van der Waals surface area contributed by atoms with Crippen LogP contribution >= 0.6 is 11.3 Å². The minimum Gasteiger partial charge on any atom is -0.456 e.